The van der Waals surface area contributed by atoms with Gasteiger partial charge in [0.25, 0.3) is 0 Å². The normalized spacial score (nSPS) is 10.4. The van der Waals surface area contributed by atoms with Crippen LogP contribution in [0.2, 0.25) is 10.0 Å². The van der Waals surface area contributed by atoms with Crippen LogP contribution < -0.4 is 5.32 Å². The Hall–Kier alpha value is -1.23. The summed E-state index contributed by atoms with van der Waals surface area (Å²) in [5.41, 5.74) is 1.87. The van der Waals surface area contributed by atoms with Gasteiger partial charge in [0.1, 0.15) is 0 Å². The topological polar surface area (TPSA) is 42.0 Å². The second kappa shape index (κ2) is 8.27. The van der Waals surface area contributed by atoms with Gasteiger partial charge in [-0.2, -0.15) is 11.8 Å². The summed E-state index contributed by atoms with van der Waals surface area (Å²) < 4.78 is 0. The average Bonchev–Trinajstić information content (AvgIpc) is 2.48. The highest BCUT2D eigenvalue weighted by Crippen LogP contribution is 2.24. The number of carbonyl (C=O) groups is 1. The van der Waals surface area contributed by atoms with Gasteiger partial charge >= 0.3 is 0 Å². The number of halogens is 2. The second-order valence-electron chi connectivity index (χ2n) is 4.34. The van der Waals surface area contributed by atoms with Gasteiger partial charge < -0.3 is 5.32 Å². The van der Waals surface area contributed by atoms with Gasteiger partial charge in [0, 0.05) is 36.0 Å². The van der Waals surface area contributed by atoms with Crippen molar-refractivity contribution in [3.05, 3.63) is 58.3 Å². The summed E-state index contributed by atoms with van der Waals surface area (Å²) in [5, 5.41) is 3.94. The molecule has 2 aromatic rings. The predicted molar refractivity (Wildman–Crippen MR) is 90.1 cm³/mol. The van der Waals surface area contributed by atoms with E-state index in [0.29, 0.717) is 16.5 Å². The molecule has 21 heavy (non-hydrogen) atoms. The van der Waals surface area contributed by atoms with Crippen LogP contribution in [0.15, 0.2) is 42.7 Å². The fourth-order valence-corrected chi connectivity index (χ4v) is 2.85. The summed E-state index contributed by atoms with van der Waals surface area (Å²) in [5.74, 6) is 1.55. The minimum Gasteiger partial charge on any atom is -0.326 e. The monoisotopic (exact) mass is 340 g/mol. The number of carbonyl (C=O) groups excluding carboxylic acids is 1. The van der Waals surface area contributed by atoms with Gasteiger partial charge in [0.15, 0.2) is 0 Å². The predicted octanol–water partition coefficient (Wildman–Crippen LogP) is 4.65. The van der Waals surface area contributed by atoms with Crippen molar-refractivity contribution in [1.82, 2.24) is 4.98 Å². The number of rotatable bonds is 6. The van der Waals surface area contributed by atoms with Crippen molar-refractivity contribution in [3.8, 4) is 0 Å². The lowest BCUT2D eigenvalue weighted by atomic mass is 10.2. The van der Waals surface area contributed by atoms with E-state index in [4.69, 9.17) is 23.2 Å². The summed E-state index contributed by atoms with van der Waals surface area (Å²) in [6.45, 7) is 0. The molecule has 0 saturated carbocycles. The van der Waals surface area contributed by atoms with Crippen LogP contribution in [0.25, 0.3) is 0 Å². The van der Waals surface area contributed by atoms with E-state index in [1.165, 1.54) is 0 Å². The third-order valence-corrected chi connectivity index (χ3v) is 4.46. The molecule has 0 atom stereocenters. The molecule has 1 amide bonds. The summed E-state index contributed by atoms with van der Waals surface area (Å²) >= 11 is 13.5. The van der Waals surface area contributed by atoms with Crippen LogP contribution in [-0.2, 0) is 10.5 Å². The molecular formula is C15H14Cl2N2OS. The smallest absolute Gasteiger partial charge is 0.225 e. The number of hydrogen-bond acceptors (Lipinski definition) is 3. The molecule has 0 fully saturated rings. The van der Waals surface area contributed by atoms with Gasteiger partial charge in [-0.15, -0.1) is 0 Å². The van der Waals surface area contributed by atoms with Crippen molar-refractivity contribution < 1.29 is 4.79 Å². The molecule has 0 aliphatic heterocycles. The number of aromatic nitrogens is 1. The molecule has 0 radical (unpaired) electrons. The number of benzene rings is 1. The Bertz CT molecular complexity index is 608. The van der Waals surface area contributed by atoms with Crippen LogP contribution in [0.5, 0.6) is 0 Å². The summed E-state index contributed by atoms with van der Waals surface area (Å²) in [4.78, 5) is 15.6. The maximum atomic E-state index is 11.7. The Morgan fingerprint density at radius 3 is 2.62 bits per heavy atom. The molecule has 0 aliphatic carbocycles. The molecule has 1 aromatic heterocycles. The van der Waals surface area contributed by atoms with Crippen molar-refractivity contribution in [2.24, 2.45) is 0 Å². The number of pyridine rings is 1. The molecule has 0 saturated heterocycles. The van der Waals surface area contributed by atoms with E-state index < -0.39 is 0 Å². The van der Waals surface area contributed by atoms with E-state index >= 15 is 0 Å². The Kier molecular flexibility index (Phi) is 6.36. The first-order valence-electron chi connectivity index (χ1n) is 6.36. The molecule has 0 bridgehead atoms. The minimum absolute atomic E-state index is 0.00263. The molecule has 1 heterocycles. The van der Waals surface area contributed by atoms with Gasteiger partial charge in [-0.25, -0.2) is 0 Å². The molecule has 110 valence electrons. The molecule has 1 N–H and O–H groups in total. The maximum Gasteiger partial charge on any atom is 0.225 e. The Labute approximate surface area is 138 Å². The zero-order valence-corrected chi connectivity index (χ0v) is 13.5. The van der Waals surface area contributed by atoms with Gasteiger partial charge in [-0.05, 0) is 29.8 Å². The fraction of sp³-hybridized carbons (Fsp3) is 0.200. The second-order valence-corrected chi connectivity index (χ2v) is 6.25. The molecule has 3 nitrogen and oxygen atoms in total. The Morgan fingerprint density at radius 1 is 1.14 bits per heavy atom. The van der Waals surface area contributed by atoms with Crippen LogP contribution in [0, 0.1) is 0 Å². The molecule has 0 aliphatic rings. The highest BCUT2D eigenvalue weighted by Gasteiger charge is 2.03. The van der Waals surface area contributed by atoms with Crippen LogP contribution in [0.4, 0.5) is 5.69 Å². The van der Waals surface area contributed by atoms with E-state index in [9.17, 15) is 4.79 Å². The molecule has 6 heteroatoms. The highest BCUT2D eigenvalue weighted by atomic mass is 35.5. The number of nitrogens with one attached hydrogen (secondary N) is 1. The van der Waals surface area contributed by atoms with E-state index in [1.807, 2.05) is 12.1 Å². The van der Waals surface area contributed by atoms with Crippen molar-refractivity contribution in [2.75, 3.05) is 11.1 Å². The molecule has 0 spiro atoms. The van der Waals surface area contributed by atoms with Crippen molar-refractivity contribution >= 4 is 46.6 Å². The third kappa shape index (κ3) is 5.58. The Balaban J connectivity index is 1.69. The van der Waals surface area contributed by atoms with E-state index in [1.54, 1.807) is 42.4 Å². The van der Waals surface area contributed by atoms with Crippen molar-refractivity contribution in [2.45, 2.75) is 12.2 Å². The number of thioether (sulfide) groups is 1. The number of nitrogens with zero attached hydrogens (tertiary/aromatic N) is 1. The first-order valence-corrected chi connectivity index (χ1v) is 8.28. The lowest BCUT2D eigenvalue weighted by molar-refractivity contribution is -0.115. The van der Waals surface area contributed by atoms with E-state index in [2.05, 4.69) is 10.3 Å². The first-order chi connectivity index (χ1) is 10.1. The van der Waals surface area contributed by atoms with E-state index in [-0.39, 0.29) is 5.91 Å². The molecule has 1 aromatic carbocycles. The molecule has 0 unspecified atom stereocenters. The Morgan fingerprint density at radius 2 is 1.90 bits per heavy atom. The highest BCUT2D eigenvalue weighted by molar-refractivity contribution is 7.98. The SMILES string of the molecule is O=C(CCSCc1ccc(Cl)c(Cl)c1)Nc1ccncc1. The summed E-state index contributed by atoms with van der Waals surface area (Å²) in [6, 6.07) is 9.11. The first kappa shape index (κ1) is 16.1. The van der Waals surface area contributed by atoms with Gasteiger partial charge in [-0.1, -0.05) is 29.3 Å². The molecule has 2 rings (SSSR count). The lowest BCUT2D eigenvalue weighted by Crippen LogP contribution is -2.12. The zero-order chi connectivity index (χ0) is 15.1. The largest absolute Gasteiger partial charge is 0.326 e. The van der Waals surface area contributed by atoms with Gasteiger partial charge in [-0.3, -0.25) is 9.78 Å². The standard InChI is InChI=1S/C15H14Cl2N2OS/c16-13-2-1-11(9-14(13)17)10-21-8-5-15(20)19-12-3-6-18-7-4-12/h1-4,6-7,9H,5,8,10H2,(H,18,19,20). The van der Waals surface area contributed by atoms with Crippen LogP contribution in [0.3, 0.4) is 0 Å². The lowest BCUT2D eigenvalue weighted by Gasteiger charge is -2.05. The molecular weight excluding hydrogens is 327 g/mol. The quantitative estimate of drug-likeness (QED) is 0.778. The number of amides is 1. The summed E-state index contributed by atoms with van der Waals surface area (Å²) in [7, 11) is 0. The summed E-state index contributed by atoms with van der Waals surface area (Å²) in [6.07, 6.45) is 3.76. The average molecular weight is 341 g/mol. The van der Waals surface area contributed by atoms with Gasteiger partial charge in [0.2, 0.25) is 5.91 Å². The van der Waals surface area contributed by atoms with Crippen molar-refractivity contribution in [3.63, 3.8) is 0 Å². The third-order valence-electron chi connectivity index (χ3n) is 2.69. The zero-order valence-electron chi connectivity index (χ0n) is 11.2. The van der Waals surface area contributed by atoms with E-state index in [0.717, 1.165) is 22.8 Å². The number of hydrogen-bond donors (Lipinski definition) is 1. The van der Waals surface area contributed by atoms with Crippen molar-refractivity contribution in [1.29, 1.82) is 0 Å². The minimum atomic E-state index is 0.00263. The number of anilines is 1. The maximum absolute atomic E-state index is 11.7. The van der Waals surface area contributed by atoms with Gasteiger partial charge in [0.05, 0.1) is 10.0 Å². The van der Waals surface area contributed by atoms with Crippen LogP contribution in [0.1, 0.15) is 12.0 Å². The fourth-order valence-electron chi connectivity index (χ4n) is 1.64. The van der Waals surface area contributed by atoms with Crippen LogP contribution >= 0.6 is 35.0 Å². The van der Waals surface area contributed by atoms with Crippen LogP contribution in [-0.4, -0.2) is 16.6 Å².